The number of anilines is 2. The van der Waals surface area contributed by atoms with Gasteiger partial charge in [0.05, 0.1) is 11.6 Å². The van der Waals surface area contributed by atoms with Crippen molar-refractivity contribution in [1.29, 1.82) is 5.26 Å². The predicted molar refractivity (Wildman–Crippen MR) is 109 cm³/mol. The molecular weight excluding hydrogens is 352 g/mol. The molecule has 1 aromatic heterocycles. The molecule has 1 saturated carbocycles. The van der Waals surface area contributed by atoms with E-state index in [-0.39, 0.29) is 5.91 Å². The van der Waals surface area contributed by atoms with Crippen LogP contribution in [-0.2, 0) is 0 Å². The number of nitrogens with one attached hydrogen (secondary N) is 2. The molecule has 1 amide bonds. The summed E-state index contributed by atoms with van der Waals surface area (Å²) in [7, 11) is 3.92. The van der Waals surface area contributed by atoms with Gasteiger partial charge in [0.1, 0.15) is 5.82 Å². The van der Waals surface area contributed by atoms with Crippen molar-refractivity contribution < 1.29 is 4.79 Å². The molecule has 0 radical (unpaired) electrons. The largest absolute Gasteiger partial charge is 0.363 e. The van der Waals surface area contributed by atoms with Crippen LogP contribution in [-0.4, -0.2) is 42.6 Å². The van der Waals surface area contributed by atoms with E-state index in [9.17, 15) is 4.79 Å². The quantitative estimate of drug-likeness (QED) is 0.803. The Hall–Kier alpha value is -3.14. The van der Waals surface area contributed by atoms with Crippen LogP contribution in [0.4, 0.5) is 11.8 Å². The number of nitriles is 1. The van der Waals surface area contributed by atoms with Crippen molar-refractivity contribution in [2.24, 2.45) is 5.92 Å². The van der Waals surface area contributed by atoms with E-state index >= 15 is 0 Å². The highest BCUT2D eigenvalue weighted by Gasteiger charge is 2.22. The Morgan fingerprint density at radius 1 is 1.25 bits per heavy atom. The zero-order valence-electron chi connectivity index (χ0n) is 16.4. The van der Waals surface area contributed by atoms with Gasteiger partial charge in [-0.15, -0.1) is 0 Å². The van der Waals surface area contributed by atoms with Crippen molar-refractivity contribution in [3.05, 3.63) is 47.7 Å². The third kappa shape index (κ3) is 5.19. The first-order valence-corrected chi connectivity index (χ1v) is 9.60. The molecule has 0 atom stereocenters. The molecule has 2 N–H and O–H groups in total. The Bertz CT molecular complexity index is 852. The monoisotopic (exact) mass is 378 g/mol. The fourth-order valence-electron chi connectivity index (χ4n) is 3.43. The summed E-state index contributed by atoms with van der Waals surface area (Å²) in [5.41, 5.74) is 1.03. The standard InChI is InChI=1S/C21H26N6O/c1-27(2)19-10-11-23-21(26-19)25-18-8-6-15(7-9-18)14-24-20(28)17-5-3-4-16(12-17)13-22/h3-5,10-12,15,18H,6-9,14H2,1-2H3,(H,24,28)(H,23,25,26)/t15-,18+. The lowest BCUT2D eigenvalue weighted by atomic mass is 9.86. The van der Waals surface area contributed by atoms with E-state index in [1.807, 2.05) is 25.1 Å². The molecule has 7 nitrogen and oxygen atoms in total. The predicted octanol–water partition coefficient (Wildman–Crippen LogP) is 2.81. The van der Waals surface area contributed by atoms with E-state index in [1.54, 1.807) is 30.5 Å². The van der Waals surface area contributed by atoms with Gasteiger partial charge in [-0.2, -0.15) is 10.2 Å². The SMILES string of the molecule is CN(C)c1ccnc(N[C@H]2CC[C@@H](CNC(=O)c3cccc(C#N)c3)CC2)n1. The number of nitrogens with zero attached hydrogens (tertiary/aromatic N) is 4. The van der Waals surface area contributed by atoms with Gasteiger partial charge in [0.2, 0.25) is 5.95 Å². The molecule has 0 saturated heterocycles. The van der Waals surface area contributed by atoms with Crippen LogP contribution < -0.4 is 15.5 Å². The second kappa shape index (κ2) is 9.18. The first kappa shape index (κ1) is 19.6. The Labute approximate surface area is 165 Å². The average Bonchev–Trinajstić information content (AvgIpc) is 2.73. The average molecular weight is 378 g/mol. The van der Waals surface area contributed by atoms with Crippen LogP contribution in [0.3, 0.4) is 0 Å². The molecule has 146 valence electrons. The number of rotatable bonds is 6. The summed E-state index contributed by atoms with van der Waals surface area (Å²) in [4.78, 5) is 23.1. The second-order valence-corrected chi connectivity index (χ2v) is 7.40. The molecule has 1 aliphatic rings. The molecule has 0 bridgehead atoms. The van der Waals surface area contributed by atoms with Gasteiger partial charge in [-0.1, -0.05) is 6.07 Å². The highest BCUT2D eigenvalue weighted by molar-refractivity contribution is 5.94. The third-order valence-corrected chi connectivity index (χ3v) is 5.08. The van der Waals surface area contributed by atoms with E-state index in [1.165, 1.54) is 0 Å². The van der Waals surface area contributed by atoms with Crippen LogP contribution in [0.1, 0.15) is 41.6 Å². The van der Waals surface area contributed by atoms with Gasteiger partial charge in [-0.3, -0.25) is 4.79 Å². The number of hydrogen-bond acceptors (Lipinski definition) is 6. The lowest BCUT2D eigenvalue weighted by Gasteiger charge is -2.29. The molecule has 0 aliphatic heterocycles. The smallest absolute Gasteiger partial charge is 0.251 e. The van der Waals surface area contributed by atoms with Gasteiger partial charge >= 0.3 is 0 Å². The molecule has 1 heterocycles. The van der Waals surface area contributed by atoms with Crippen molar-refractivity contribution in [2.75, 3.05) is 30.9 Å². The number of hydrogen-bond donors (Lipinski definition) is 2. The van der Waals surface area contributed by atoms with Crippen molar-refractivity contribution in [2.45, 2.75) is 31.7 Å². The van der Waals surface area contributed by atoms with Crippen LogP contribution in [0, 0.1) is 17.2 Å². The normalized spacial score (nSPS) is 18.8. The molecule has 3 rings (SSSR count). The minimum absolute atomic E-state index is 0.119. The summed E-state index contributed by atoms with van der Waals surface area (Å²) >= 11 is 0. The maximum atomic E-state index is 12.3. The Morgan fingerprint density at radius 2 is 2.04 bits per heavy atom. The number of amides is 1. The summed E-state index contributed by atoms with van der Waals surface area (Å²) < 4.78 is 0. The number of carbonyl (C=O) groups excluding carboxylic acids is 1. The van der Waals surface area contributed by atoms with Gasteiger partial charge in [-0.25, -0.2) is 4.98 Å². The zero-order chi connectivity index (χ0) is 19.9. The van der Waals surface area contributed by atoms with Crippen LogP contribution in [0.2, 0.25) is 0 Å². The van der Waals surface area contributed by atoms with Crippen molar-refractivity contribution in [1.82, 2.24) is 15.3 Å². The molecular formula is C21H26N6O. The van der Waals surface area contributed by atoms with Gasteiger partial charge in [0.25, 0.3) is 5.91 Å². The molecule has 28 heavy (non-hydrogen) atoms. The van der Waals surface area contributed by atoms with Crippen LogP contribution in [0.5, 0.6) is 0 Å². The van der Waals surface area contributed by atoms with E-state index in [2.05, 4.69) is 26.7 Å². The number of carbonyl (C=O) groups is 1. The summed E-state index contributed by atoms with van der Waals surface area (Å²) in [6.07, 6.45) is 5.92. The van der Waals surface area contributed by atoms with Gasteiger partial charge in [0.15, 0.2) is 0 Å². The second-order valence-electron chi connectivity index (χ2n) is 7.40. The highest BCUT2D eigenvalue weighted by Crippen LogP contribution is 2.26. The molecule has 7 heteroatoms. The van der Waals surface area contributed by atoms with Gasteiger partial charge in [-0.05, 0) is 55.9 Å². The summed E-state index contributed by atoms with van der Waals surface area (Å²) in [5.74, 6) is 1.90. The zero-order valence-corrected chi connectivity index (χ0v) is 16.4. The molecule has 1 aromatic carbocycles. The Morgan fingerprint density at radius 3 is 2.75 bits per heavy atom. The molecule has 1 aliphatic carbocycles. The number of aromatic nitrogens is 2. The van der Waals surface area contributed by atoms with Gasteiger partial charge < -0.3 is 15.5 Å². The van der Waals surface area contributed by atoms with E-state index in [0.717, 1.165) is 31.5 Å². The first-order chi connectivity index (χ1) is 13.5. The van der Waals surface area contributed by atoms with E-state index < -0.39 is 0 Å². The van der Waals surface area contributed by atoms with Crippen LogP contribution >= 0.6 is 0 Å². The Balaban J connectivity index is 1.44. The van der Waals surface area contributed by atoms with Crippen LogP contribution in [0.25, 0.3) is 0 Å². The van der Waals surface area contributed by atoms with E-state index in [0.29, 0.717) is 35.6 Å². The summed E-state index contributed by atoms with van der Waals surface area (Å²) in [6.45, 7) is 0.662. The highest BCUT2D eigenvalue weighted by atomic mass is 16.1. The lowest BCUT2D eigenvalue weighted by molar-refractivity contribution is 0.0943. The first-order valence-electron chi connectivity index (χ1n) is 9.60. The Kier molecular flexibility index (Phi) is 6.43. The summed E-state index contributed by atoms with van der Waals surface area (Å²) in [6, 6.07) is 11.1. The maximum Gasteiger partial charge on any atom is 0.251 e. The third-order valence-electron chi connectivity index (χ3n) is 5.08. The number of benzene rings is 1. The topological polar surface area (TPSA) is 93.9 Å². The minimum atomic E-state index is -0.119. The molecule has 2 aromatic rings. The molecule has 1 fully saturated rings. The maximum absolute atomic E-state index is 12.3. The van der Waals surface area contributed by atoms with Crippen molar-refractivity contribution >= 4 is 17.7 Å². The van der Waals surface area contributed by atoms with Crippen molar-refractivity contribution in [3.63, 3.8) is 0 Å². The minimum Gasteiger partial charge on any atom is -0.363 e. The lowest BCUT2D eigenvalue weighted by Crippen LogP contribution is -2.34. The van der Waals surface area contributed by atoms with Crippen molar-refractivity contribution in [3.8, 4) is 6.07 Å². The van der Waals surface area contributed by atoms with E-state index in [4.69, 9.17) is 5.26 Å². The summed E-state index contributed by atoms with van der Waals surface area (Å²) in [5, 5.41) is 15.4. The van der Waals surface area contributed by atoms with Gasteiger partial charge in [0, 0.05) is 38.4 Å². The fourth-order valence-corrected chi connectivity index (χ4v) is 3.43. The fraction of sp³-hybridized carbons (Fsp3) is 0.429. The van der Waals surface area contributed by atoms with Crippen LogP contribution in [0.15, 0.2) is 36.5 Å². The molecule has 0 unspecified atom stereocenters. The molecule has 0 spiro atoms.